The summed E-state index contributed by atoms with van der Waals surface area (Å²) in [7, 11) is -2.32. The van der Waals surface area contributed by atoms with Gasteiger partial charge in [0.2, 0.25) is 5.91 Å². The van der Waals surface area contributed by atoms with Crippen LogP contribution in [-0.4, -0.2) is 26.6 Å². The van der Waals surface area contributed by atoms with Crippen molar-refractivity contribution < 1.29 is 23.2 Å². The zero-order chi connectivity index (χ0) is 17.3. The maximum atomic E-state index is 13.0. The van der Waals surface area contributed by atoms with Crippen LogP contribution in [-0.2, 0) is 14.8 Å². The summed E-state index contributed by atoms with van der Waals surface area (Å²) >= 11 is 0. The van der Waals surface area contributed by atoms with Crippen molar-refractivity contribution in [3.05, 3.63) is 54.1 Å². The Balaban J connectivity index is 2.16. The lowest BCUT2D eigenvalue weighted by molar-refractivity contribution is -0.129. The van der Waals surface area contributed by atoms with Gasteiger partial charge in [0.05, 0.1) is 30.2 Å². The summed E-state index contributed by atoms with van der Waals surface area (Å²) in [6, 6.07) is 12.4. The highest BCUT2D eigenvalue weighted by molar-refractivity contribution is 7.93. The van der Waals surface area contributed by atoms with Gasteiger partial charge in [-0.2, -0.15) is 0 Å². The molecule has 126 valence electrons. The van der Waals surface area contributed by atoms with E-state index < -0.39 is 22.0 Å². The summed E-state index contributed by atoms with van der Waals surface area (Å²) in [5.74, 6) is -0.163. The van der Waals surface area contributed by atoms with Gasteiger partial charge in [-0.05, 0) is 23.8 Å². The highest BCUT2D eigenvalue weighted by Crippen LogP contribution is 2.44. The Kier molecular flexibility index (Phi) is 4.16. The molecule has 0 bridgehead atoms. The number of nitrogens with zero attached hydrogens (tertiary/aromatic N) is 1. The molecule has 3 rings (SSSR count). The average Bonchev–Trinajstić information content (AvgIpc) is 2.82. The fourth-order valence-electron chi connectivity index (χ4n) is 2.87. The fraction of sp³-hybridized carbons (Fsp3) is 0.188. The second kappa shape index (κ2) is 6.14. The quantitative estimate of drug-likeness (QED) is 0.649. The lowest BCUT2D eigenvalue weighted by Gasteiger charge is -2.25. The van der Waals surface area contributed by atoms with E-state index in [2.05, 4.69) is 0 Å². The number of fused-ring (bicyclic) bond motifs is 1. The average molecular weight is 348 g/mol. The number of carbonyl (C=O) groups excluding carboxylic acids is 1. The number of nitrogens with one attached hydrogen (secondary N) is 1. The van der Waals surface area contributed by atoms with E-state index in [0.717, 1.165) is 0 Å². The number of hydrogen-bond donors (Lipinski definition) is 2. The second-order valence-corrected chi connectivity index (χ2v) is 7.08. The molecule has 1 atom stereocenters. The first-order valence-corrected chi connectivity index (χ1v) is 8.63. The minimum absolute atomic E-state index is 0.156. The Bertz CT molecular complexity index is 882. The third kappa shape index (κ3) is 2.59. The highest BCUT2D eigenvalue weighted by atomic mass is 32.2. The lowest BCUT2D eigenvalue weighted by Crippen LogP contribution is -2.32. The zero-order valence-corrected chi connectivity index (χ0v) is 13.7. The summed E-state index contributed by atoms with van der Waals surface area (Å²) < 4.78 is 32.3. The zero-order valence-electron chi connectivity index (χ0n) is 12.8. The maximum Gasteiger partial charge on any atom is 0.265 e. The van der Waals surface area contributed by atoms with Crippen molar-refractivity contribution >= 4 is 21.6 Å². The van der Waals surface area contributed by atoms with E-state index in [1.807, 2.05) is 0 Å². The van der Waals surface area contributed by atoms with Gasteiger partial charge in [0.1, 0.15) is 5.75 Å². The Morgan fingerprint density at radius 1 is 1.25 bits per heavy atom. The minimum atomic E-state index is -3.81. The largest absolute Gasteiger partial charge is 0.497 e. The number of benzene rings is 2. The SMILES string of the molecule is COc1cccc(N2C(CC(=O)NO)c3ccccc3S2(=O)=O)c1. The molecule has 0 spiro atoms. The molecule has 1 heterocycles. The van der Waals surface area contributed by atoms with Gasteiger partial charge in [-0.1, -0.05) is 24.3 Å². The van der Waals surface area contributed by atoms with Crippen LogP contribution >= 0.6 is 0 Å². The Hall–Kier alpha value is -2.58. The fourth-order valence-corrected chi connectivity index (χ4v) is 4.75. The first-order valence-electron chi connectivity index (χ1n) is 7.19. The summed E-state index contributed by atoms with van der Waals surface area (Å²) in [5.41, 5.74) is 2.47. The molecular weight excluding hydrogens is 332 g/mol. The van der Waals surface area contributed by atoms with Crippen LogP contribution in [0.4, 0.5) is 5.69 Å². The van der Waals surface area contributed by atoms with Crippen LogP contribution in [0, 0.1) is 0 Å². The van der Waals surface area contributed by atoms with Gasteiger partial charge in [-0.3, -0.25) is 14.3 Å². The number of methoxy groups -OCH3 is 1. The van der Waals surface area contributed by atoms with Crippen LogP contribution in [0.1, 0.15) is 18.0 Å². The molecular formula is C16H16N2O5S. The lowest BCUT2D eigenvalue weighted by atomic mass is 10.0. The number of hydrogen-bond acceptors (Lipinski definition) is 5. The van der Waals surface area contributed by atoms with Crippen LogP contribution in [0.5, 0.6) is 5.75 Å². The van der Waals surface area contributed by atoms with Crippen LogP contribution in [0.3, 0.4) is 0 Å². The molecule has 1 amide bonds. The van der Waals surface area contributed by atoms with Crippen LogP contribution in [0.15, 0.2) is 53.4 Å². The van der Waals surface area contributed by atoms with Crippen LogP contribution < -0.4 is 14.5 Å². The van der Waals surface area contributed by atoms with Gasteiger partial charge in [0, 0.05) is 6.07 Å². The predicted molar refractivity (Wildman–Crippen MR) is 86.4 cm³/mol. The summed E-state index contributed by atoms with van der Waals surface area (Å²) in [5, 5.41) is 8.82. The number of amides is 1. The third-order valence-electron chi connectivity index (χ3n) is 3.91. The van der Waals surface area contributed by atoms with E-state index >= 15 is 0 Å². The van der Waals surface area contributed by atoms with Gasteiger partial charge in [0.15, 0.2) is 0 Å². The smallest absolute Gasteiger partial charge is 0.265 e. The molecule has 2 N–H and O–H groups in total. The van der Waals surface area contributed by atoms with Crippen molar-refractivity contribution in [2.45, 2.75) is 17.4 Å². The third-order valence-corrected chi connectivity index (χ3v) is 5.82. The topological polar surface area (TPSA) is 95.9 Å². The van der Waals surface area contributed by atoms with Crippen molar-refractivity contribution in [2.24, 2.45) is 0 Å². The van der Waals surface area contributed by atoms with Crippen molar-refractivity contribution in [2.75, 3.05) is 11.4 Å². The number of ether oxygens (including phenoxy) is 1. The Morgan fingerprint density at radius 3 is 2.71 bits per heavy atom. The van der Waals surface area contributed by atoms with Crippen molar-refractivity contribution in [3.63, 3.8) is 0 Å². The van der Waals surface area contributed by atoms with Gasteiger partial charge in [-0.25, -0.2) is 13.9 Å². The first kappa shape index (κ1) is 16.3. The van der Waals surface area contributed by atoms with Crippen molar-refractivity contribution in [3.8, 4) is 5.75 Å². The number of sulfonamides is 1. The molecule has 8 heteroatoms. The minimum Gasteiger partial charge on any atom is -0.497 e. The van der Waals surface area contributed by atoms with Crippen molar-refractivity contribution in [1.82, 2.24) is 5.48 Å². The van der Waals surface area contributed by atoms with E-state index in [4.69, 9.17) is 9.94 Å². The number of anilines is 1. The number of carbonyl (C=O) groups is 1. The maximum absolute atomic E-state index is 13.0. The molecule has 0 radical (unpaired) electrons. The highest BCUT2D eigenvalue weighted by Gasteiger charge is 2.43. The van der Waals surface area contributed by atoms with E-state index in [9.17, 15) is 13.2 Å². The molecule has 0 saturated heterocycles. The second-order valence-electron chi connectivity index (χ2n) is 5.30. The molecule has 24 heavy (non-hydrogen) atoms. The molecule has 1 unspecified atom stereocenters. The Morgan fingerprint density at radius 2 is 2.00 bits per heavy atom. The molecule has 2 aromatic rings. The van der Waals surface area contributed by atoms with E-state index in [-0.39, 0.29) is 11.3 Å². The molecule has 7 nitrogen and oxygen atoms in total. The van der Waals surface area contributed by atoms with Gasteiger partial charge in [0.25, 0.3) is 10.0 Å². The molecule has 1 aliphatic heterocycles. The monoisotopic (exact) mass is 348 g/mol. The van der Waals surface area contributed by atoms with E-state index in [1.54, 1.807) is 47.9 Å². The molecule has 0 saturated carbocycles. The van der Waals surface area contributed by atoms with E-state index in [0.29, 0.717) is 17.0 Å². The first-order chi connectivity index (χ1) is 11.5. The molecule has 2 aromatic carbocycles. The van der Waals surface area contributed by atoms with Gasteiger partial charge >= 0.3 is 0 Å². The van der Waals surface area contributed by atoms with Crippen LogP contribution in [0.2, 0.25) is 0 Å². The molecule has 0 aliphatic carbocycles. The van der Waals surface area contributed by atoms with Crippen molar-refractivity contribution in [1.29, 1.82) is 0 Å². The summed E-state index contributed by atoms with van der Waals surface area (Å²) in [6.07, 6.45) is -0.204. The normalized spacial score (nSPS) is 18.1. The summed E-state index contributed by atoms with van der Waals surface area (Å²) in [6.45, 7) is 0. The molecule has 0 fully saturated rings. The van der Waals surface area contributed by atoms with Crippen LogP contribution in [0.25, 0.3) is 0 Å². The van der Waals surface area contributed by atoms with Gasteiger partial charge < -0.3 is 4.74 Å². The Labute approximate surface area is 139 Å². The number of rotatable bonds is 4. The standard InChI is InChI=1S/C16H16N2O5S/c1-23-12-6-4-5-11(9-12)18-14(10-16(19)17-20)13-7-2-3-8-15(13)24(18,21)22/h2-9,14,20H,10H2,1H3,(H,17,19). The molecule has 1 aliphatic rings. The predicted octanol–water partition coefficient (Wildman–Crippen LogP) is 1.84. The number of hydroxylamine groups is 1. The van der Waals surface area contributed by atoms with Gasteiger partial charge in [-0.15, -0.1) is 0 Å². The summed E-state index contributed by atoms with van der Waals surface area (Å²) in [4.78, 5) is 11.8. The molecule has 0 aromatic heterocycles. The van der Waals surface area contributed by atoms with E-state index in [1.165, 1.54) is 17.5 Å².